The van der Waals surface area contributed by atoms with Gasteiger partial charge < -0.3 is 76.4 Å². The number of carbonyl (C=O) groups excluding carboxylic acids is 12. The molecule has 0 saturated carbocycles. The summed E-state index contributed by atoms with van der Waals surface area (Å²) in [5.74, 6) is -4.95. The number of carbonyl (C=O) groups is 12. The van der Waals surface area contributed by atoms with E-state index in [-0.39, 0.29) is 192 Å². The molecular weight excluding hydrogens is 1480 g/mol. The molecular formula is C69H117N5O24S6. The molecule has 0 aromatic carbocycles. The monoisotopic (exact) mass is 1590 g/mol. The van der Waals surface area contributed by atoms with Crippen LogP contribution < -0.4 is 0 Å². The standard InChI is InChI=1S/C69H117N5O24S6/c1-52(45-99-7)64(81)93-39-33-87-58(75)15-27-71(23-13-25-73(29-17-60(77)89-34-40-94-65(82)53(2)46-100-8)30-18-61(78)90-35-41-95-66(83)54(3)47-101-9)21-12-22-72(28-16-59(76)88-38-44-98-69(86)57(6)50-104-51-70)24-14-26-74(31-19-62(79)91-36-42-96-67(84)55(4)48-102-10)32-20-63(80)92-37-43-97-68(85)56(5)49-103-11/h52-57H,12-50H2,1-11H3. The lowest BCUT2D eigenvalue weighted by molar-refractivity contribution is -0.154. The average Bonchev–Trinajstić information content (AvgIpc) is 1.54. The van der Waals surface area contributed by atoms with Crippen LogP contribution in [0.5, 0.6) is 0 Å². The van der Waals surface area contributed by atoms with Gasteiger partial charge in [0.25, 0.3) is 0 Å². The van der Waals surface area contributed by atoms with E-state index in [0.29, 0.717) is 87.3 Å². The maximum absolute atomic E-state index is 13.3. The number of nitriles is 1. The van der Waals surface area contributed by atoms with E-state index in [9.17, 15) is 57.5 Å². The molecule has 0 aliphatic rings. The van der Waals surface area contributed by atoms with Crippen molar-refractivity contribution >= 4 is 142 Å². The van der Waals surface area contributed by atoms with Gasteiger partial charge in [-0.05, 0) is 102 Å². The topological polar surface area (TPSA) is 352 Å². The maximum Gasteiger partial charge on any atom is 0.309 e. The predicted octanol–water partition coefficient (Wildman–Crippen LogP) is 6.07. The molecule has 6 atom stereocenters. The summed E-state index contributed by atoms with van der Waals surface area (Å²) in [5.41, 5.74) is 0. The van der Waals surface area contributed by atoms with E-state index in [1.54, 1.807) is 41.5 Å². The van der Waals surface area contributed by atoms with Crippen molar-refractivity contribution in [2.24, 2.45) is 35.5 Å². The van der Waals surface area contributed by atoms with Crippen LogP contribution in [-0.4, -0.2) is 315 Å². The molecule has 0 rings (SSSR count). The lowest BCUT2D eigenvalue weighted by atomic mass is 10.2. The Hall–Kier alpha value is -4.93. The van der Waals surface area contributed by atoms with E-state index in [0.717, 1.165) is 11.8 Å². The second kappa shape index (κ2) is 65.2. The lowest BCUT2D eigenvalue weighted by Gasteiger charge is -2.28. The average molecular weight is 1590 g/mol. The lowest BCUT2D eigenvalue weighted by Crippen LogP contribution is -2.37. The first-order valence-corrected chi connectivity index (χ1v) is 43.1. The van der Waals surface area contributed by atoms with Crippen LogP contribution in [0.4, 0.5) is 0 Å². The molecule has 0 aliphatic carbocycles. The fourth-order valence-corrected chi connectivity index (χ4v) is 12.9. The van der Waals surface area contributed by atoms with Gasteiger partial charge in [0.2, 0.25) is 0 Å². The van der Waals surface area contributed by atoms with Gasteiger partial charge in [0.15, 0.2) is 0 Å². The minimum absolute atomic E-state index is 0.0362. The van der Waals surface area contributed by atoms with Crippen molar-refractivity contribution < 1.29 is 114 Å². The van der Waals surface area contributed by atoms with Crippen molar-refractivity contribution in [3.63, 3.8) is 0 Å². The summed E-state index contributed by atoms with van der Waals surface area (Å²) in [6, 6.07) is 0. The molecule has 104 heavy (non-hydrogen) atoms. The summed E-state index contributed by atoms with van der Waals surface area (Å²) >= 11 is 8.46. The van der Waals surface area contributed by atoms with Crippen LogP contribution in [0.3, 0.4) is 0 Å². The highest BCUT2D eigenvalue weighted by Gasteiger charge is 2.23. The highest BCUT2D eigenvalue weighted by atomic mass is 32.2. The Balaban J connectivity index is 6.80. The zero-order valence-corrected chi connectivity index (χ0v) is 67.9. The number of thioether (sulfide) groups is 6. The van der Waals surface area contributed by atoms with Gasteiger partial charge in [-0.3, -0.25) is 57.5 Å². The molecule has 6 unspecified atom stereocenters. The van der Waals surface area contributed by atoms with E-state index in [2.05, 4.69) is 9.80 Å². The molecule has 0 fully saturated rings. The van der Waals surface area contributed by atoms with Crippen LogP contribution in [-0.2, 0) is 114 Å². The Morgan fingerprint density at radius 2 is 0.413 bits per heavy atom. The number of thiocyanates is 1. The zero-order valence-electron chi connectivity index (χ0n) is 63.0. The summed E-state index contributed by atoms with van der Waals surface area (Å²) in [7, 11) is 0. The molecule has 0 heterocycles. The van der Waals surface area contributed by atoms with Gasteiger partial charge in [0.05, 0.1) is 74.0 Å². The van der Waals surface area contributed by atoms with Crippen molar-refractivity contribution in [3.05, 3.63) is 0 Å². The molecule has 0 N–H and O–H groups in total. The summed E-state index contributed by atoms with van der Waals surface area (Å²) in [4.78, 5) is 161. The molecule has 0 bridgehead atoms. The number of ether oxygens (including phenoxy) is 12. The van der Waals surface area contributed by atoms with E-state index in [1.807, 2.05) is 46.5 Å². The van der Waals surface area contributed by atoms with Crippen molar-refractivity contribution in [1.29, 1.82) is 5.26 Å². The SMILES string of the molecule is CSCC(C)C(=O)OCCOC(=O)CCN(CCCN(CCCN(CCC(=O)OCCOC(=O)C(C)CSC)CCC(=O)OCCOC(=O)C(C)CSC)CCC(=O)OCCOC(=O)C(C)CSC#N)CCCN(CCC(=O)OCCOC(=O)C(C)CSC)CCC(=O)OCCOC(=O)C(C)CSC. The quantitative estimate of drug-likeness (QED) is 0.0288. The molecule has 0 radical (unpaired) electrons. The molecule has 0 amide bonds. The molecule has 35 heteroatoms. The first kappa shape index (κ1) is 99.1. The number of hydrogen-bond donors (Lipinski definition) is 0. The Labute approximate surface area is 641 Å². The van der Waals surface area contributed by atoms with Crippen molar-refractivity contribution in [1.82, 2.24) is 19.6 Å². The molecule has 0 aromatic rings. The van der Waals surface area contributed by atoms with Crippen molar-refractivity contribution in [2.75, 3.05) is 224 Å². The summed E-state index contributed by atoms with van der Waals surface area (Å²) in [6.07, 6.45) is 10.5. The fraction of sp³-hybridized carbons (Fsp3) is 0.812. The van der Waals surface area contributed by atoms with Crippen LogP contribution in [0.2, 0.25) is 0 Å². The highest BCUT2D eigenvalue weighted by Crippen LogP contribution is 2.14. The van der Waals surface area contributed by atoms with Crippen molar-refractivity contribution in [3.8, 4) is 5.40 Å². The third-order valence-electron chi connectivity index (χ3n) is 15.1. The summed E-state index contributed by atoms with van der Waals surface area (Å²) < 4.78 is 64.2. The summed E-state index contributed by atoms with van der Waals surface area (Å²) in [6.45, 7) is 12.2. The molecule has 0 spiro atoms. The van der Waals surface area contributed by atoms with E-state index >= 15 is 0 Å². The molecule has 0 aromatic heterocycles. The molecule has 0 aliphatic heterocycles. The Bertz CT molecular complexity index is 2420. The normalized spacial score (nSPS) is 12.9. The van der Waals surface area contributed by atoms with Crippen LogP contribution >= 0.6 is 70.6 Å². The van der Waals surface area contributed by atoms with E-state index in [4.69, 9.17) is 62.1 Å². The van der Waals surface area contributed by atoms with Gasteiger partial charge in [0, 0.05) is 73.8 Å². The minimum Gasteiger partial charge on any atom is -0.462 e. The van der Waals surface area contributed by atoms with Crippen LogP contribution in [0, 0.1) is 46.2 Å². The highest BCUT2D eigenvalue weighted by molar-refractivity contribution is 8.03. The smallest absolute Gasteiger partial charge is 0.309 e. The maximum atomic E-state index is 13.3. The predicted molar refractivity (Wildman–Crippen MR) is 404 cm³/mol. The number of rotatable bonds is 66. The van der Waals surface area contributed by atoms with Gasteiger partial charge in [-0.1, -0.05) is 41.5 Å². The fourth-order valence-electron chi connectivity index (χ4n) is 9.29. The van der Waals surface area contributed by atoms with Gasteiger partial charge >= 0.3 is 71.6 Å². The number of hydrogen-bond acceptors (Lipinski definition) is 35. The van der Waals surface area contributed by atoms with Gasteiger partial charge in [-0.15, -0.1) is 0 Å². The molecule has 29 nitrogen and oxygen atoms in total. The van der Waals surface area contributed by atoms with E-state index in [1.165, 1.54) is 58.8 Å². The second-order valence-corrected chi connectivity index (χ2v) is 29.7. The van der Waals surface area contributed by atoms with Crippen LogP contribution in [0.1, 0.15) is 99.3 Å². The van der Waals surface area contributed by atoms with Gasteiger partial charge in [-0.25, -0.2) is 0 Å². The van der Waals surface area contributed by atoms with Gasteiger partial charge in [0.1, 0.15) is 84.7 Å². The van der Waals surface area contributed by atoms with E-state index < -0.39 is 77.5 Å². The van der Waals surface area contributed by atoms with Crippen LogP contribution in [0.15, 0.2) is 0 Å². The number of nitrogens with zero attached hydrogens (tertiary/aromatic N) is 5. The Kier molecular flexibility index (Phi) is 62.1. The zero-order chi connectivity index (χ0) is 77.7. The summed E-state index contributed by atoms with van der Waals surface area (Å²) in [5, 5.41) is 10.8. The Morgan fingerprint density at radius 1 is 0.260 bits per heavy atom. The number of esters is 12. The van der Waals surface area contributed by atoms with Crippen molar-refractivity contribution in [2.45, 2.75) is 99.3 Å². The Morgan fingerprint density at radius 3 is 0.577 bits per heavy atom. The first-order chi connectivity index (χ1) is 49.8. The first-order valence-electron chi connectivity index (χ1n) is 35.1. The molecule has 598 valence electrons. The third-order valence-corrected chi connectivity index (χ3v) is 20.0. The third kappa shape index (κ3) is 54.6. The van der Waals surface area contributed by atoms with Gasteiger partial charge in [-0.2, -0.15) is 64.1 Å². The molecule has 0 saturated heterocycles. The second-order valence-electron chi connectivity index (χ2n) is 24.3. The van der Waals surface area contributed by atoms with Crippen LogP contribution in [0.25, 0.3) is 0 Å². The largest absolute Gasteiger partial charge is 0.462 e. The minimum atomic E-state index is -0.559.